The van der Waals surface area contributed by atoms with Crippen molar-refractivity contribution in [1.29, 1.82) is 0 Å². The second-order valence-corrected chi connectivity index (χ2v) is 5.20. The Morgan fingerprint density at radius 2 is 1.94 bits per heavy atom. The highest BCUT2D eigenvalue weighted by Crippen LogP contribution is 2.35. The van der Waals surface area contributed by atoms with Gasteiger partial charge in [-0.2, -0.15) is 0 Å². The Hall–Kier alpha value is -1.39. The molecule has 0 saturated heterocycles. The molecule has 0 atom stereocenters. The van der Waals surface area contributed by atoms with E-state index in [4.69, 9.17) is 9.15 Å². The summed E-state index contributed by atoms with van der Waals surface area (Å²) in [5.74, 6) is 1.92. The van der Waals surface area contributed by atoms with Crippen molar-refractivity contribution >= 4 is 5.97 Å². The number of methoxy groups -OCH3 is 1. The summed E-state index contributed by atoms with van der Waals surface area (Å²) in [5.41, 5.74) is 0. The number of aromatic nitrogens is 2. The van der Waals surface area contributed by atoms with Gasteiger partial charge in [-0.15, -0.1) is 10.2 Å². The summed E-state index contributed by atoms with van der Waals surface area (Å²) in [5, 5.41) is 8.17. The predicted molar refractivity (Wildman–Crippen MR) is 65.1 cm³/mol. The molecular formula is C13H20N2O3. The molecule has 1 aliphatic carbocycles. The van der Waals surface area contributed by atoms with E-state index < -0.39 is 0 Å². The maximum absolute atomic E-state index is 11.4. The van der Waals surface area contributed by atoms with Crippen LogP contribution in [-0.4, -0.2) is 23.3 Å². The van der Waals surface area contributed by atoms with Crippen molar-refractivity contribution in [2.45, 2.75) is 51.4 Å². The van der Waals surface area contributed by atoms with E-state index in [2.05, 4.69) is 10.2 Å². The average Bonchev–Trinajstić information content (AvgIpc) is 2.88. The molecule has 0 aromatic carbocycles. The van der Waals surface area contributed by atoms with Crippen LogP contribution in [0.5, 0.6) is 0 Å². The van der Waals surface area contributed by atoms with Gasteiger partial charge in [0.05, 0.1) is 13.0 Å². The highest BCUT2D eigenvalue weighted by molar-refractivity contribution is 5.72. The number of nitrogens with zero attached hydrogens (tertiary/aromatic N) is 2. The van der Waals surface area contributed by atoms with Crippen LogP contribution in [-0.2, 0) is 9.53 Å². The van der Waals surface area contributed by atoms with Crippen molar-refractivity contribution < 1.29 is 13.9 Å². The van der Waals surface area contributed by atoms with Crippen LogP contribution >= 0.6 is 0 Å². The minimum atomic E-state index is -0.0955. The topological polar surface area (TPSA) is 65.2 Å². The minimum Gasteiger partial charge on any atom is -0.469 e. The number of esters is 1. The highest BCUT2D eigenvalue weighted by Gasteiger charge is 2.30. The van der Waals surface area contributed by atoms with Crippen molar-refractivity contribution in [3.05, 3.63) is 11.8 Å². The summed E-state index contributed by atoms with van der Waals surface area (Å²) < 4.78 is 10.4. The first kappa shape index (κ1) is 13.1. The van der Waals surface area contributed by atoms with Gasteiger partial charge in [0.15, 0.2) is 0 Å². The Kier molecular flexibility index (Phi) is 3.99. The molecule has 0 amide bonds. The first-order chi connectivity index (χ1) is 8.61. The van der Waals surface area contributed by atoms with Crippen LogP contribution in [0.4, 0.5) is 0 Å². The van der Waals surface area contributed by atoms with E-state index in [1.807, 2.05) is 13.8 Å². The Morgan fingerprint density at radius 1 is 1.28 bits per heavy atom. The third kappa shape index (κ3) is 2.71. The van der Waals surface area contributed by atoms with Crippen LogP contribution in [0.25, 0.3) is 0 Å². The van der Waals surface area contributed by atoms with E-state index in [0.29, 0.717) is 11.8 Å². The molecule has 1 fully saturated rings. The zero-order chi connectivity index (χ0) is 13.1. The van der Waals surface area contributed by atoms with Gasteiger partial charge in [-0.05, 0) is 25.7 Å². The first-order valence-electron chi connectivity index (χ1n) is 6.53. The smallest absolute Gasteiger partial charge is 0.308 e. The number of hydrogen-bond donors (Lipinski definition) is 0. The molecule has 18 heavy (non-hydrogen) atoms. The SMILES string of the molecule is COC(=O)[C@H]1CC[C@H](c2nnc(C(C)C)o2)CC1. The quantitative estimate of drug-likeness (QED) is 0.774. The van der Waals surface area contributed by atoms with Gasteiger partial charge < -0.3 is 9.15 Å². The number of carbonyl (C=O) groups excluding carboxylic acids is 1. The minimum absolute atomic E-state index is 0.0405. The van der Waals surface area contributed by atoms with E-state index in [1.165, 1.54) is 7.11 Å². The molecule has 0 radical (unpaired) electrons. The van der Waals surface area contributed by atoms with E-state index in [0.717, 1.165) is 31.6 Å². The average molecular weight is 252 g/mol. The molecule has 5 nitrogen and oxygen atoms in total. The zero-order valence-electron chi connectivity index (χ0n) is 11.2. The van der Waals surface area contributed by atoms with E-state index >= 15 is 0 Å². The first-order valence-corrected chi connectivity index (χ1v) is 6.53. The van der Waals surface area contributed by atoms with Crippen molar-refractivity contribution in [2.24, 2.45) is 5.92 Å². The maximum Gasteiger partial charge on any atom is 0.308 e. The van der Waals surface area contributed by atoms with Crippen LogP contribution < -0.4 is 0 Å². The molecule has 0 N–H and O–H groups in total. The third-order valence-electron chi connectivity index (χ3n) is 3.56. The molecule has 0 aliphatic heterocycles. The van der Waals surface area contributed by atoms with E-state index in [9.17, 15) is 4.79 Å². The van der Waals surface area contributed by atoms with Crippen molar-refractivity contribution in [1.82, 2.24) is 10.2 Å². The Bertz CT molecular complexity index is 406. The fraction of sp³-hybridized carbons (Fsp3) is 0.769. The fourth-order valence-corrected chi connectivity index (χ4v) is 2.39. The van der Waals surface area contributed by atoms with Crippen LogP contribution in [0, 0.1) is 5.92 Å². The molecule has 1 aliphatic rings. The summed E-state index contributed by atoms with van der Waals surface area (Å²) >= 11 is 0. The summed E-state index contributed by atoms with van der Waals surface area (Å²) in [4.78, 5) is 11.4. The molecule has 100 valence electrons. The van der Waals surface area contributed by atoms with Crippen LogP contribution in [0.2, 0.25) is 0 Å². The van der Waals surface area contributed by atoms with Crippen molar-refractivity contribution in [2.75, 3.05) is 7.11 Å². The Labute approximate surface area is 107 Å². The molecule has 0 bridgehead atoms. The molecular weight excluding hydrogens is 232 g/mol. The number of ether oxygens (including phenoxy) is 1. The monoisotopic (exact) mass is 252 g/mol. The van der Waals surface area contributed by atoms with Gasteiger partial charge in [0.25, 0.3) is 0 Å². The Balaban J connectivity index is 1.94. The van der Waals surface area contributed by atoms with Crippen molar-refractivity contribution in [3.8, 4) is 0 Å². The van der Waals surface area contributed by atoms with Crippen LogP contribution in [0.1, 0.15) is 63.1 Å². The zero-order valence-corrected chi connectivity index (χ0v) is 11.2. The highest BCUT2D eigenvalue weighted by atomic mass is 16.5. The number of hydrogen-bond acceptors (Lipinski definition) is 5. The summed E-state index contributed by atoms with van der Waals surface area (Å²) in [6, 6.07) is 0. The lowest BCUT2D eigenvalue weighted by molar-refractivity contribution is -0.146. The van der Waals surface area contributed by atoms with Gasteiger partial charge in [-0.25, -0.2) is 0 Å². The molecule has 1 heterocycles. The Morgan fingerprint density at radius 3 is 2.44 bits per heavy atom. The van der Waals surface area contributed by atoms with Crippen molar-refractivity contribution in [3.63, 3.8) is 0 Å². The molecule has 1 saturated carbocycles. The second-order valence-electron chi connectivity index (χ2n) is 5.20. The van der Waals surface area contributed by atoms with Crippen LogP contribution in [0.3, 0.4) is 0 Å². The normalized spacial score (nSPS) is 24.2. The second kappa shape index (κ2) is 5.50. The molecule has 2 rings (SSSR count). The fourth-order valence-electron chi connectivity index (χ4n) is 2.39. The molecule has 0 spiro atoms. The van der Waals surface area contributed by atoms with Gasteiger partial charge in [0, 0.05) is 11.8 Å². The molecule has 1 aromatic rings. The van der Waals surface area contributed by atoms with E-state index in [-0.39, 0.29) is 17.8 Å². The number of rotatable bonds is 3. The van der Waals surface area contributed by atoms with Gasteiger partial charge in [-0.1, -0.05) is 13.8 Å². The van der Waals surface area contributed by atoms with Gasteiger partial charge in [0.1, 0.15) is 0 Å². The summed E-state index contributed by atoms with van der Waals surface area (Å²) in [6.07, 6.45) is 3.52. The lowest BCUT2D eigenvalue weighted by atomic mass is 9.82. The number of carbonyl (C=O) groups is 1. The molecule has 1 aromatic heterocycles. The van der Waals surface area contributed by atoms with Gasteiger partial charge in [0.2, 0.25) is 11.8 Å². The molecule has 5 heteroatoms. The van der Waals surface area contributed by atoms with Gasteiger partial charge in [-0.3, -0.25) is 4.79 Å². The largest absolute Gasteiger partial charge is 0.469 e. The lowest BCUT2D eigenvalue weighted by Crippen LogP contribution is -2.22. The van der Waals surface area contributed by atoms with Gasteiger partial charge >= 0.3 is 5.97 Å². The third-order valence-corrected chi connectivity index (χ3v) is 3.56. The maximum atomic E-state index is 11.4. The molecule has 0 unspecified atom stereocenters. The predicted octanol–water partition coefficient (Wildman–Crippen LogP) is 2.64. The standard InChI is InChI=1S/C13H20N2O3/c1-8(2)11-14-15-12(18-11)9-4-6-10(7-5-9)13(16)17-3/h8-10H,4-7H2,1-3H3/t9-,10-. The lowest BCUT2D eigenvalue weighted by Gasteiger charge is -2.24. The van der Waals surface area contributed by atoms with Crippen LogP contribution in [0.15, 0.2) is 4.42 Å². The van der Waals surface area contributed by atoms with E-state index in [1.54, 1.807) is 0 Å². The summed E-state index contributed by atoms with van der Waals surface area (Å²) in [7, 11) is 1.45. The summed E-state index contributed by atoms with van der Waals surface area (Å²) in [6.45, 7) is 4.07.